The van der Waals surface area contributed by atoms with Gasteiger partial charge in [-0.05, 0) is 48.7 Å². The molecule has 0 spiro atoms. The van der Waals surface area contributed by atoms with Crippen molar-refractivity contribution in [2.45, 2.75) is 18.2 Å². The number of anilines is 1. The van der Waals surface area contributed by atoms with Gasteiger partial charge in [0.15, 0.2) is 0 Å². The van der Waals surface area contributed by atoms with Gasteiger partial charge in [0, 0.05) is 24.3 Å². The molecule has 8 heteroatoms. The minimum Gasteiger partial charge on any atom is -0.338 e. The van der Waals surface area contributed by atoms with E-state index in [1.165, 1.54) is 12.1 Å². The van der Waals surface area contributed by atoms with Crippen molar-refractivity contribution in [3.8, 4) is 0 Å². The summed E-state index contributed by atoms with van der Waals surface area (Å²) in [6.07, 6.45) is 0.871. The van der Waals surface area contributed by atoms with Crippen LogP contribution in [0.1, 0.15) is 23.7 Å². The predicted octanol–water partition coefficient (Wildman–Crippen LogP) is 2.72. The highest BCUT2D eigenvalue weighted by Gasteiger charge is 2.35. The topological polar surface area (TPSA) is 92.5 Å². The third kappa shape index (κ3) is 4.80. The van der Waals surface area contributed by atoms with Gasteiger partial charge in [-0.3, -0.25) is 9.52 Å². The SMILES string of the molecule is CC1(CN)CCN(C(=O)c2cccc(NS(=O)(=O)c3ccccc3)c2)C1.Cl. The van der Waals surface area contributed by atoms with E-state index >= 15 is 0 Å². The molecule has 0 bridgehead atoms. The average molecular weight is 410 g/mol. The largest absolute Gasteiger partial charge is 0.338 e. The van der Waals surface area contributed by atoms with E-state index in [-0.39, 0.29) is 28.6 Å². The van der Waals surface area contributed by atoms with Crippen molar-refractivity contribution in [3.05, 3.63) is 60.2 Å². The zero-order valence-corrected chi connectivity index (χ0v) is 16.7. The maximum atomic E-state index is 12.7. The molecule has 1 atom stereocenters. The van der Waals surface area contributed by atoms with Gasteiger partial charge in [-0.15, -0.1) is 12.4 Å². The first-order chi connectivity index (χ1) is 12.3. The lowest BCUT2D eigenvalue weighted by Crippen LogP contribution is -2.34. The average Bonchev–Trinajstić information content (AvgIpc) is 3.05. The molecule has 2 aromatic rings. The van der Waals surface area contributed by atoms with Crippen LogP contribution in [0.25, 0.3) is 0 Å². The Bertz CT molecular complexity index is 905. The number of carbonyl (C=O) groups excluding carboxylic acids is 1. The number of likely N-dealkylation sites (tertiary alicyclic amines) is 1. The molecule has 1 fully saturated rings. The number of halogens is 1. The molecule has 3 rings (SSSR count). The molecule has 0 saturated carbocycles. The number of amides is 1. The number of benzene rings is 2. The van der Waals surface area contributed by atoms with E-state index in [0.717, 1.165) is 6.42 Å². The van der Waals surface area contributed by atoms with Crippen LogP contribution < -0.4 is 10.5 Å². The standard InChI is InChI=1S/C19H23N3O3S.ClH/c1-19(13-20)10-11-22(14-19)18(23)15-6-5-7-16(12-15)21-26(24,25)17-8-3-2-4-9-17;/h2-9,12,21H,10-11,13-14,20H2,1H3;1H. The lowest BCUT2D eigenvalue weighted by molar-refractivity contribution is 0.0777. The van der Waals surface area contributed by atoms with Crippen molar-refractivity contribution in [2.24, 2.45) is 11.1 Å². The molecule has 146 valence electrons. The van der Waals surface area contributed by atoms with Gasteiger partial charge in [0.1, 0.15) is 0 Å². The van der Waals surface area contributed by atoms with Gasteiger partial charge in [0.2, 0.25) is 0 Å². The number of sulfonamides is 1. The molecule has 0 aliphatic carbocycles. The highest BCUT2D eigenvalue weighted by atomic mass is 35.5. The molecular formula is C19H24ClN3O3S. The number of rotatable bonds is 5. The maximum Gasteiger partial charge on any atom is 0.261 e. The third-order valence-electron chi connectivity index (χ3n) is 4.75. The first-order valence-corrected chi connectivity index (χ1v) is 9.99. The molecule has 1 saturated heterocycles. The van der Waals surface area contributed by atoms with Gasteiger partial charge in [-0.25, -0.2) is 8.42 Å². The van der Waals surface area contributed by atoms with Gasteiger partial charge < -0.3 is 10.6 Å². The van der Waals surface area contributed by atoms with Crippen LogP contribution in [0, 0.1) is 5.41 Å². The summed E-state index contributed by atoms with van der Waals surface area (Å²) < 4.78 is 27.4. The summed E-state index contributed by atoms with van der Waals surface area (Å²) in [5, 5.41) is 0. The summed E-state index contributed by atoms with van der Waals surface area (Å²) in [5.74, 6) is -0.108. The summed E-state index contributed by atoms with van der Waals surface area (Å²) in [7, 11) is -3.69. The smallest absolute Gasteiger partial charge is 0.261 e. The summed E-state index contributed by atoms with van der Waals surface area (Å²) >= 11 is 0. The Labute approximate surface area is 166 Å². The molecule has 1 amide bonds. The van der Waals surface area contributed by atoms with Crippen molar-refractivity contribution in [1.29, 1.82) is 0 Å². The Morgan fingerprint density at radius 3 is 2.52 bits per heavy atom. The van der Waals surface area contributed by atoms with E-state index in [4.69, 9.17) is 5.73 Å². The van der Waals surface area contributed by atoms with Crippen LogP contribution in [0.5, 0.6) is 0 Å². The van der Waals surface area contributed by atoms with Crippen LogP contribution in [-0.4, -0.2) is 38.9 Å². The number of carbonyl (C=O) groups is 1. The van der Waals surface area contributed by atoms with Crippen molar-refractivity contribution in [1.82, 2.24) is 4.90 Å². The second-order valence-electron chi connectivity index (χ2n) is 6.99. The fourth-order valence-corrected chi connectivity index (χ4v) is 4.15. The second kappa shape index (κ2) is 8.29. The molecule has 1 unspecified atom stereocenters. The van der Waals surface area contributed by atoms with Crippen LogP contribution in [0.4, 0.5) is 5.69 Å². The zero-order chi connectivity index (χ0) is 18.8. The molecule has 6 nitrogen and oxygen atoms in total. The Morgan fingerprint density at radius 1 is 1.19 bits per heavy atom. The zero-order valence-electron chi connectivity index (χ0n) is 15.1. The summed E-state index contributed by atoms with van der Waals surface area (Å²) in [6.45, 7) is 3.88. The normalized spacial score (nSPS) is 19.4. The third-order valence-corrected chi connectivity index (χ3v) is 6.15. The highest BCUT2D eigenvalue weighted by molar-refractivity contribution is 7.92. The van der Waals surface area contributed by atoms with Crippen molar-refractivity contribution in [3.63, 3.8) is 0 Å². The predicted molar refractivity (Wildman–Crippen MR) is 109 cm³/mol. The molecule has 2 aromatic carbocycles. The molecular weight excluding hydrogens is 386 g/mol. The molecule has 27 heavy (non-hydrogen) atoms. The Morgan fingerprint density at radius 2 is 1.89 bits per heavy atom. The van der Waals surface area contributed by atoms with E-state index < -0.39 is 10.0 Å². The van der Waals surface area contributed by atoms with E-state index in [1.54, 1.807) is 47.4 Å². The van der Waals surface area contributed by atoms with Crippen LogP contribution in [0.2, 0.25) is 0 Å². The minimum atomic E-state index is -3.69. The quantitative estimate of drug-likeness (QED) is 0.794. The number of nitrogens with one attached hydrogen (secondary N) is 1. The van der Waals surface area contributed by atoms with Gasteiger partial charge in [0.25, 0.3) is 15.9 Å². The summed E-state index contributed by atoms with van der Waals surface area (Å²) in [4.78, 5) is 14.7. The van der Waals surface area contributed by atoms with Crippen LogP contribution in [0.3, 0.4) is 0 Å². The van der Waals surface area contributed by atoms with Gasteiger partial charge in [0.05, 0.1) is 4.90 Å². The number of hydrogen-bond donors (Lipinski definition) is 2. The Hall–Kier alpha value is -2.09. The lowest BCUT2D eigenvalue weighted by atomic mass is 9.90. The number of nitrogens with two attached hydrogens (primary N) is 1. The van der Waals surface area contributed by atoms with E-state index in [0.29, 0.717) is 30.9 Å². The van der Waals surface area contributed by atoms with Crippen molar-refractivity contribution in [2.75, 3.05) is 24.4 Å². The highest BCUT2D eigenvalue weighted by Crippen LogP contribution is 2.29. The first-order valence-electron chi connectivity index (χ1n) is 8.50. The van der Waals surface area contributed by atoms with E-state index in [1.807, 2.05) is 0 Å². The summed E-state index contributed by atoms with van der Waals surface area (Å²) in [6, 6.07) is 14.7. The Balaban J connectivity index is 0.00000261. The van der Waals surface area contributed by atoms with Gasteiger partial charge in [-0.2, -0.15) is 0 Å². The monoisotopic (exact) mass is 409 g/mol. The van der Waals surface area contributed by atoms with E-state index in [9.17, 15) is 13.2 Å². The van der Waals surface area contributed by atoms with Crippen LogP contribution >= 0.6 is 12.4 Å². The van der Waals surface area contributed by atoms with Gasteiger partial charge in [-0.1, -0.05) is 31.2 Å². The second-order valence-corrected chi connectivity index (χ2v) is 8.67. The Kier molecular flexibility index (Phi) is 6.51. The molecule has 1 aliphatic rings. The lowest BCUT2D eigenvalue weighted by Gasteiger charge is -2.22. The number of hydrogen-bond acceptors (Lipinski definition) is 4. The van der Waals surface area contributed by atoms with E-state index in [2.05, 4.69) is 11.6 Å². The fraction of sp³-hybridized carbons (Fsp3) is 0.316. The molecule has 3 N–H and O–H groups in total. The number of nitrogens with zero attached hydrogens (tertiary/aromatic N) is 1. The first kappa shape index (κ1) is 21.2. The maximum absolute atomic E-state index is 12.7. The molecule has 0 radical (unpaired) electrons. The van der Waals surface area contributed by atoms with Crippen molar-refractivity contribution < 1.29 is 13.2 Å². The van der Waals surface area contributed by atoms with Crippen LogP contribution in [-0.2, 0) is 10.0 Å². The minimum absolute atomic E-state index is 0. The molecule has 1 heterocycles. The van der Waals surface area contributed by atoms with Crippen LogP contribution in [0.15, 0.2) is 59.5 Å². The van der Waals surface area contributed by atoms with Crippen molar-refractivity contribution >= 4 is 34.0 Å². The van der Waals surface area contributed by atoms with Gasteiger partial charge >= 0.3 is 0 Å². The fourth-order valence-electron chi connectivity index (χ4n) is 3.08. The molecule has 0 aromatic heterocycles. The molecule has 1 aliphatic heterocycles. The summed E-state index contributed by atoms with van der Waals surface area (Å²) in [5.41, 5.74) is 6.57.